The summed E-state index contributed by atoms with van der Waals surface area (Å²) in [5.74, 6) is -0.0114. The van der Waals surface area contributed by atoms with Gasteiger partial charge in [-0.15, -0.1) is 0 Å². The van der Waals surface area contributed by atoms with Crippen molar-refractivity contribution >= 4 is 11.9 Å². The van der Waals surface area contributed by atoms with Crippen LogP contribution in [-0.2, 0) is 16.1 Å². The molecule has 3 amide bonds. The van der Waals surface area contributed by atoms with Crippen LogP contribution in [0.5, 0.6) is 0 Å². The number of ether oxygens (including phenoxy) is 1. The maximum absolute atomic E-state index is 13.0. The number of nitrogens with one attached hydrogen (secondary N) is 1. The fourth-order valence-electron chi connectivity index (χ4n) is 4.27. The van der Waals surface area contributed by atoms with Gasteiger partial charge in [0, 0.05) is 0 Å². The Hall–Kier alpha value is -1.92. The number of β-amino-alcohol motifs (C(OH)–C–C–N with tert-alkyl or cyclic N) is 1. The van der Waals surface area contributed by atoms with Crippen LogP contribution >= 0.6 is 0 Å². The Morgan fingerprint density at radius 2 is 1.88 bits per heavy atom. The van der Waals surface area contributed by atoms with Crippen LogP contribution in [0.15, 0.2) is 30.3 Å². The molecule has 142 valence electrons. The van der Waals surface area contributed by atoms with Crippen LogP contribution in [0.3, 0.4) is 0 Å². The third-order valence-electron chi connectivity index (χ3n) is 5.80. The highest BCUT2D eigenvalue weighted by atomic mass is 16.5. The van der Waals surface area contributed by atoms with Gasteiger partial charge >= 0.3 is 6.03 Å². The maximum atomic E-state index is 13.0. The van der Waals surface area contributed by atoms with Gasteiger partial charge in [0.25, 0.3) is 5.91 Å². The molecule has 6 heteroatoms. The molecule has 3 atom stereocenters. The van der Waals surface area contributed by atoms with E-state index >= 15 is 0 Å². The molecule has 2 fully saturated rings. The second-order valence-electron chi connectivity index (χ2n) is 7.60. The van der Waals surface area contributed by atoms with Crippen molar-refractivity contribution in [2.75, 3.05) is 13.2 Å². The Morgan fingerprint density at radius 1 is 1.23 bits per heavy atom. The number of carbonyl (C=O) groups is 2. The Morgan fingerprint density at radius 3 is 2.54 bits per heavy atom. The number of carbonyl (C=O) groups excluding carboxylic acids is 2. The molecule has 2 N–H and O–H groups in total. The molecule has 26 heavy (non-hydrogen) atoms. The number of nitrogens with zero attached hydrogens (tertiary/aromatic N) is 1. The highest BCUT2D eigenvalue weighted by Gasteiger charge is 2.58. The highest BCUT2D eigenvalue weighted by Crippen LogP contribution is 2.42. The van der Waals surface area contributed by atoms with E-state index in [0.717, 1.165) is 29.7 Å². The number of benzene rings is 1. The summed E-state index contributed by atoms with van der Waals surface area (Å²) in [7, 11) is 0. The minimum Gasteiger partial charge on any atom is -0.389 e. The van der Waals surface area contributed by atoms with E-state index in [1.807, 2.05) is 44.2 Å². The van der Waals surface area contributed by atoms with Gasteiger partial charge in [-0.3, -0.25) is 9.69 Å². The highest BCUT2D eigenvalue weighted by molar-refractivity contribution is 6.07. The molecule has 0 aromatic heterocycles. The van der Waals surface area contributed by atoms with Crippen LogP contribution < -0.4 is 5.32 Å². The Labute approximate surface area is 154 Å². The van der Waals surface area contributed by atoms with Gasteiger partial charge < -0.3 is 15.2 Å². The molecule has 1 aliphatic carbocycles. The molecule has 3 unspecified atom stereocenters. The Balaban J connectivity index is 1.57. The van der Waals surface area contributed by atoms with E-state index in [2.05, 4.69) is 5.32 Å². The lowest BCUT2D eigenvalue weighted by Gasteiger charge is -2.42. The molecule has 1 saturated carbocycles. The fourth-order valence-corrected chi connectivity index (χ4v) is 4.27. The largest absolute Gasteiger partial charge is 0.389 e. The molecule has 0 bridgehead atoms. The molecule has 1 aromatic carbocycles. The standard InChI is InChI=1S/C20H28N2O4/c1-14-7-6-8-15(2)20(14)18(24)22(19(25)21-20)11-17(23)13-26-12-16-9-4-3-5-10-16/h3-5,9-10,14-15,17,23H,6-8,11-13H2,1-2H3,(H,21,25). The first-order valence-corrected chi connectivity index (χ1v) is 9.39. The van der Waals surface area contributed by atoms with Gasteiger partial charge in [0.05, 0.1) is 25.9 Å². The lowest BCUT2D eigenvalue weighted by Crippen LogP contribution is -2.59. The quantitative estimate of drug-likeness (QED) is 0.763. The molecule has 2 aliphatic rings. The van der Waals surface area contributed by atoms with E-state index in [1.54, 1.807) is 0 Å². The average Bonchev–Trinajstić information content (AvgIpc) is 2.87. The first-order chi connectivity index (χ1) is 12.4. The molecule has 1 spiro atoms. The molecule has 1 saturated heterocycles. The van der Waals surface area contributed by atoms with Crippen molar-refractivity contribution in [3.05, 3.63) is 35.9 Å². The summed E-state index contributed by atoms with van der Waals surface area (Å²) < 4.78 is 5.52. The lowest BCUT2D eigenvalue weighted by atomic mass is 9.67. The predicted octanol–water partition coefficient (Wildman–Crippen LogP) is 2.31. The number of hydrogen-bond acceptors (Lipinski definition) is 4. The topological polar surface area (TPSA) is 78.9 Å². The van der Waals surface area contributed by atoms with Crippen molar-refractivity contribution in [1.29, 1.82) is 0 Å². The van der Waals surface area contributed by atoms with E-state index < -0.39 is 17.7 Å². The molecule has 0 radical (unpaired) electrons. The fraction of sp³-hybridized carbons (Fsp3) is 0.600. The second-order valence-corrected chi connectivity index (χ2v) is 7.60. The SMILES string of the molecule is CC1CCCC(C)C12NC(=O)N(CC(O)COCc1ccccc1)C2=O. The van der Waals surface area contributed by atoms with E-state index in [9.17, 15) is 14.7 Å². The summed E-state index contributed by atoms with van der Waals surface area (Å²) >= 11 is 0. The zero-order chi connectivity index (χ0) is 18.7. The molecular formula is C20H28N2O4. The summed E-state index contributed by atoms with van der Waals surface area (Å²) in [6.45, 7) is 4.47. The third kappa shape index (κ3) is 3.48. The lowest BCUT2D eigenvalue weighted by molar-refractivity contribution is -0.137. The van der Waals surface area contributed by atoms with Crippen LogP contribution in [-0.4, -0.2) is 46.7 Å². The minimum atomic E-state index is -0.905. The van der Waals surface area contributed by atoms with Crippen molar-refractivity contribution in [3.63, 3.8) is 0 Å². The minimum absolute atomic E-state index is 0.0410. The van der Waals surface area contributed by atoms with E-state index in [0.29, 0.717) is 6.61 Å². The molecule has 1 aromatic rings. The first-order valence-electron chi connectivity index (χ1n) is 9.39. The van der Waals surface area contributed by atoms with E-state index in [-0.39, 0.29) is 30.9 Å². The smallest absolute Gasteiger partial charge is 0.325 e. The van der Waals surface area contributed by atoms with Crippen LogP contribution in [0, 0.1) is 11.8 Å². The summed E-state index contributed by atoms with van der Waals surface area (Å²) in [6, 6.07) is 9.26. The van der Waals surface area contributed by atoms with Gasteiger partial charge in [-0.2, -0.15) is 0 Å². The molecule has 6 nitrogen and oxygen atoms in total. The number of urea groups is 1. The number of amides is 3. The van der Waals surface area contributed by atoms with Gasteiger partial charge in [0.15, 0.2) is 0 Å². The van der Waals surface area contributed by atoms with Crippen molar-refractivity contribution < 1.29 is 19.4 Å². The molecule has 3 rings (SSSR count). The number of imide groups is 1. The predicted molar refractivity (Wildman–Crippen MR) is 97.3 cm³/mol. The molecular weight excluding hydrogens is 332 g/mol. The zero-order valence-electron chi connectivity index (χ0n) is 15.5. The summed E-state index contributed by atoms with van der Waals surface area (Å²) in [5.41, 5.74) is 0.193. The van der Waals surface area contributed by atoms with Gasteiger partial charge in [-0.25, -0.2) is 4.79 Å². The van der Waals surface area contributed by atoms with Crippen LogP contribution in [0.1, 0.15) is 38.7 Å². The van der Waals surface area contributed by atoms with Crippen molar-refractivity contribution in [2.24, 2.45) is 11.8 Å². The number of aliphatic hydroxyl groups is 1. The maximum Gasteiger partial charge on any atom is 0.325 e. The number of aliphatic hydroxyl groups excluding tert-OH is 1. The van der Waals surface area contributed by atoms with Crippen LogP contribution in [0.2, 0.25) is 0 Å². The normalized spacial score (nSPS) is 29.9. The Bertz CT molecular complexity index is 638. The second kappa shape index (κ2) is 7.76. The molecule has 1 heterocycles. The Kier molecular flexibility index (Phi) is 5.63. The average molecular weight is 360 g/mol. The van der Waals surface area contributed by atoms with Gasteiger partial charge in [-0.05, 0) is 30.2 Å². The van der Waals surface area contributed by atoms with Gasteiger partial charge in [0.2, 0.25) is 0 Å². The number of hydrogen-bond donors (Lipinski definition) is 2. The first kappa shape index (κ1) is 18.9. The van der Waals surface area contributed by atoms with E-state index in [4.69, 9.17) is 4.74 Å². The van der Waals surface area contributed by atoms with Crippen molar-refractivity contribution in [2.45, 2.75) is 51.4 Å². The van der Waals surface area contributed by atoms with Crippen molar-refractivity contribution in [1.82, 2.24) is 10.2 Å². The van der Waals surface area contributed by atoms with Gasteiger partial charge in [0.1, 0.15) is 5.54 Å². The molecule has 1 aliphatic heterocycles. The van der Waals surface area contributed by atoms with Crippen LogP contribution in [0.4, 0.5) is 4.79 Å². The third-order valence-corrected chi connectivity index (χ3v) is 5.80. The zero-order valence-corrected chi connectivity index (χ0v) is 15.5. The van der Waals surface area contributed by atoms with Gasteiger partial charge in [-0.1, -0.05) is 50.6 Å². The summed E-state index contributed by atoms with van der Waals surface area (Å²) in [6.07, 6.45) is 2.01. The summed E-state index contributed by atoms with van der Waals surface area (Å²) in [5, 5.41) is 13.2. The monoisotopic (exact) mass is 360 g/mol. The number of rotatable bonds is 6. The summed E-state index contributed by atoms with van der Waals surface area (Å²) in [4.78, 5) is 26.6. The van der Waals surface area contributed by atoms with Crippen LogP contribution in [0.25, 0.3) is 0 Å². The van der Waals surface area contributed by atoms with E-state index in [1.165, 1.54) is 0 Å². The van der Waals surface area contributed by atoms with Crippen molar-refractivity contribution in [3.8, 4) is 0 Å².